The molecule has 12 heavy (non-hydrogen) atoms. The highest BCUT2D eigenvalue weighted by Gasteiger charge is 2.38. The third kappa shape index (κ3) is 1.85. The molecule has 1 rings (SSSR count). The van der Waals surface area contributed by atoms with Gasteiger partial charge in [-0.15, -0.1) is 0 Å². The van der Waals surface area contributed by atoms with E-state index in [1.54, 1.807) is 0 Å². The number of hydrogen-bond donors (Lipinski definition) is 0. The van der Waals surface area contributed by atoms with Crippen molar-refractivity contribution >= 4 is 5.78 Å². The summed E-state index contributed by atoms with van der Waals surface area (Å²) in [6.45, 7) is 6.02. The quantitative estimate of drug-likeness (QED) is 0.549. The SMILES string of the molecule is CC(C)(C)C1CCCC(F)C1=O. The highest BCUT2D eigenvalue weighted by Crippen LogP contribution is 2.36. The van der Waals surface area contributed by atoms with Gasteiger partial charge in [0.1, 0.15) is 0 Å². The first kappa shape index (κ1) is 9.69. The summed E-state index contributed by atoms with van der Waals surface area (Å²) in [6, 6.07) is 0. The van der Waals surface area contributed by atoms with Crippen molar-refractivity contribution in [3.8, 4) is 0 Å². The van der Waals surface area contributed by atoms with Gasteiger partial charge >= 0.3 is 0 Å². The van der Waals surface area contributed by atoms with Crippen LogP contribution in [0.4, 0.5) is 4.39 Å². The molecule has 1 aliphatic rings. The van der Waals surface area contributed by atoms with E-state index < -0.39 is 6.17 Å². The Labute approximate surface area is 73.3 Å². The summed E-state index contributed by atoms with van der Waals surface area (Å²) >= 11 is 0. The Hall–Kier alpha value is -0.400. The standard InChI is InChI=1S/C10H17FO/c1-10(2,3)7-5-4-6-8(11)9(7)12/h7-8H,4-6H2,1-3H3. The molecule has 2 unspecified atom stereocenters. The molecule has 0 saturated heterocycles. The van der Waals surface area contributed by atoms with E-state index in [1.165, 1.54) is 0 Å². The summed E-state index contributed by atoms with van der Waals surface area (Å²) in [7, 11) is 0. The fourth-order valence-electron chi connectivity index (χ4n) is 1.86. The summed E-state index contributed by atoms with van der Waals surface area (Å²) in [5, 5.41) is 0. The predicted molar refractivity (Wildman–Crippen MR) is 46.7 cm³/mol. The number of carbonyl (C=O) groups excluding carboxylic acids is 1. The zero-order valence-electron chi connectivity index (χ0n) is 8.06. The van der Waals surface area contributed by atoms with Gasteiger partial charge in [-0.25, -0.2) is 4.39 Å². The number of halogens is 1. The largest absolute Gasteiger partial charge is 0.296 e. The van der Waals surface area contributed by atoms with Crippen molar-refractivity contribution in [3.05, 3.63) is 0 Å². The van der Waals surface area contributed by atoms with Crippen LogP contribution in [0.15, 0.2) is 0 Å². The first-order chi connectivity index (χ1) is 5.43. The Morgan fingerprint density at radius 3 is 2.33 bits per heavy atom. The van der Waals surface area contributed by atoms with Gasteiger partial charge in [0.15, 0.2) is 12.0 Å². The molecule has 0 N–H and O–H groups in total. The Bertz CT molecular complexity index is 181. The minimum Gasteiger partial charge on any atom is -0.296 e. The highest BCUT2D eigenvalue weighted by molar-refractivity contribution is 5.86. The van der Waals surface area contributed by atoms with Gasteiger partial charge in [0, 0.05) is 5.92 Å². The minimum absolute atomic E-state index is 0.0676. The van der Waals surface area contributed by atoms with Gasteiger partial charge in [-0.1, -0.05) is 20.8 Å². The van der Waals surface area contributed by atoms with Crippen LogP contribution in [-0.4, -0.2) is 12.0 Å². The van der Waals surface area contributed by atoms with Crippen molar-refractivity contribution in [2.75, 3.05) is 0 Å². The molecule has 0 aliphatic heterocycles. The van der Waals surface area contributed by atoms with E-state index >= 15 is 0 Å². The molecule has 70 valence electrons. The van der Waals surface area contributed by atoms with Crippen LogP contribution < -0.4 is 0 Å². The van der Waals surface area contributed by atoms with Crippen molar-refractivity contribution in [2.45, 2.75) is 46.2 Å². The molecule has 0 aromatic carbocycles. The van der Waals surface area contributed by atoms with Crippen molar-refractivity contribution in [1.82, 2.24) is 0 Å². The summed E-state index contributed by atoms with van der Waals surface area (Å²) in [4.78, 5) is 11.4. The summed E-state index contributed by atoms with van der Waals surface area (Å²) < 4.78 is 13.0. The normalized spacial score (nSPS) is 32.2. The topological polar surface area (TPSA) is 17.1 Å². The number of carbonyl (C=O) groups is 1. The van der Waals surface area contributed by atoms with Crippen molar-refractivity contribution in [3.63, 3.8) is 0 Å². The van der Waals surface area contributed by atoms with Gasteiger partial charge in [0.25, 0.3) is 0 Å². The maximum Gasteiger partial charge on any atom is 0.170 e. The summed E-state index contributed by atoms with van der Waals surface area (Å²) in [6.07, 6.45) is 0.964. The van der Waals surface area contributed by atoms with Crippen LogP contribution in [0.1, 0.15) is 40.0 Å². The molecule has 0 aromatic rings. The Balaban J connectivity index is 2.71. The van der Waals surface area contributed by atoms with Crippen LogP contribution in [0.3, 0.4) is 0 Å². The Morgan fingerprint density at radius 2 is 1.92 bits per heavy atom. The Morgan fingerprint density at radius 1 is 1.33 bits per heavy atom. The van der Waals surface area contributed by atoms with Gasteiger partial charge < -0.3 is 0 Å². The zero-order chi connectivity index (χ0) is 9.35. The van der Waals surface area contributed by atoms with Crippen LogP contribution in [-0.2, 0) is 4.79 Å². The van der Waals surface area contributed by atoms with Crippen LogP contribution in [0.25, 0.3) is 0 Å². The van der Waals surface area contributed by atoms with Gasteiger partial charge in [-0.05, 0) is 24.7 Å². The second-order valence-corrected chi connectivity index (χ2v) is 4.72. The third-order valence-electron chi connectivity index (χ3n) is 2.65. The first-order valence-electron chi connectivity index (χ1n) is 4.60. The van der Waals surface area contributed by atoms with Crippen molar-refractivity contribution in [1.29, 1.82) is 0 Å². The smallest absolute Gasteiger partial charge is 0.170 e. The molecule has 0 radical (unpaired) electrons. The maximum atomic E-state index is 13.0. The fourth-order valence-corrected chi connectivity index (χ4v) is 1.86. The molecule has 0 bridgehead atoms. The second-order valence-electron chi connectivity index (χ2n) is 4.72. The molecule has 2 heteroatoms. The zero-order valence-corrected chi connectivity index (χ0v) is 8.06. The summed E-state index contributed by atoms with van der Waals surface area (Å²) in [5.41, 5.74) is -0.0676. The van der Waals surface area contributed by atoms with Gasteiger partial charge in [-0.3, -0.25) is 4.79 Å². The van der Waals surface area contributed by atoms with Gasteiger partial charge in [-0.2, -0.15) is 0 Å². The van der Waals surface area contributed by atoms with E-state index in [2.05, 4.69) is 0 Å². The summed E-state index contributed by atoms with van der Waals surface area (Å²) in [5.74, 6) is -0.241. The molecular weight excluding hydrogens is 155 g/mol. The lowest BCUT2D eigenvalue weighted by atomic mass is 9.71. The number of ketones is 1. The molecule has 1 aliphatic carbocycles. The van der Waals surface area contributed by atoms with E-state index in [9.17, 15) is 9.18 Å². The number of hydrogen-bond acceptors (Lipinski definition) is 1. The predicted octanol–water partition coefficient (Wildman–Crippen LogP) is 2.74. The average Bonchev–Trinajstić information content (AvgIpc) is 1.92. The average molecular weight is 172 g/mol. The third-order valence-corrected chi connectivity index (χ3v) is 2.65. The molecule has 2 atom stereocenters. The number of alkyl halides is 1. The molecule has 0 spiro atoms. The molecule has 0 aromatic heterocycles. The van der Waals surface area contributed by atoms with Crippen molar-refractivity contribution < 1.29 is 9.18 Å². The van der Waals surface area contributed by atoms with Crippen LogP contribution >= 0.6 is 0 Å². The lowest BCUT2D eigenvalue weighted by Crippen LogP contribution is -2.37. The van der Waals surface area contributed by atoms with E-state index in [0.717, 1.165) is 12.8 Å². The van der Waals surface area contributed by atoms with Gasteiger partial charge in [0.05, 0.1) is 0 Å². The minimum atomic E-state index is -1.19. The van der Waals surface area contributed by atoms with E-state index in [-0.39, 0.29) is 17.1 Å². The van der Waals surface area contributed by atoms with E-state index in [4.69, 9.17) is 0 Å². The molecule has 1 nitrogen and oxygen atoms in total. The van der Waals surface area contributed by atoms with Gasteiger partial charge in [0.2, 0.25) is 0 Å². The molecular formula is C10H17FO. The second kappa shape index (κ2) is 3.15. The molecule has 0 heterocycles. The van der Waals surface area contributed by atoms with Crippen LogP contribution in [0.2, 0.25) is 0 Å². The van der Waals surface area contributed by atoms with Crippen molar-refractivity contribution in [2.24, 2.45) is 11.3 Å². The monoisotopic (exact) mass is 172 g/mol. The maximum absolute atomic E-state index is 13.0. The molecule has 1 saturated carbocycles. The number of Topliss-reactive ketones (excluding diaryl/α,β-unsaturated/α-hetero) is 1. The highest BCUT2D eigenvalue weighted by atomic mass is 19.1. The van der Waals surface area contributed by atoms with Crippen LogP contribution in [0, 0.1) is 11.3 Å². The van der Waals surface area contributed by atoms with E-state index in [1.807, 2.05) is 20.8 Å². The number of rotatable bonds is 0. The van der Waals surface area contributed by atoms with E-state index in [0.29, 0.717) is 6.42 Å². The fraction of sp³-hybridized carbons (Fsp3) is 0.900. The van der Waals surface area contributed by atoms with Crippen LogP contribution in [0.5, 0.6) is 0 Å². The lowest BCUT2D eigenvalue weighted by molar-refractivity contribution is -0.134. The first-order valence-corrected chi connectivity index (χ1v) is 4.60. The Kier molecular flexibility index (Phi) is 2.55. The molecule has 1 fully saturated rings. The molecule has 0 amide bonds. The lowest BCUT2D eigenvalue weighted by Gasteiger charge is -2.33.